The molecule has 0 aromatic rings. The quantitative estimate of drug-likeness (QED) is 0.629. The van der Waals surface area contributed by atoms with Crippen molar-refractivity contribution < 1.29 is 8.49 Å². The highest BCUT2D eigenvalue weighted by Gasteiger charge is 2.22. The molecule has 12 heavy (non-hydrogen) atoms. The zero-order valence-electron chi connectivity index (χ0n) is 7.45. The topological polar surface area (TPSA) is 41.9 Å². The lowest BCUT2D eigenvalue weighted by Crippen LogP contribution is -2.27. The predicted octanol–water partition coefficient (Wildman–Crippen LogP) is 1.42. The van der Waals surface area contributed by atoms with Gasteiger partial charge in [-0.25, -0.2) is 4.31 Å². The highest BCUT2D eigenvalue weighted by atomic mass is 32.2. The van der Waals surface area contributed by atoms with Gasteiger partial charge in [0.2, 0.25) is 0 Å². The van der Waals surface area contributed by atoms with Gasteiger partial charge in [0.15, 0.2) is 5.84 Å². The fraction of sp³-hybridized carbons (Fsp3) is 0.857. The monoisotopic (exact) mass is 190 g/mol. The normalized spacial score (nSPS) is 22.3. The van der Waals surface area contributed by atoms with Crippen LogP contribution in [0.15, 0.2) is 5.16 Å². The van der Waals surface area contributed by atoms with Gasteiger partial charge in [0.1, 0.15) is 0 Å². The summed E-state index contributed by atoms with van der Waals surface area (Å²) in [5.41, 5.74) is 0. The Morgan fingerprint density at radius 3 is 2.83 bits per heavy atom. The molecule has 4 nitrogen and oxygen atoms in total. The summed E-state index contributed by atoms with van der Waals surface area (Å²) in [5, 5.41) is 3.62. The summed E-state index contributed by atoms with van der Waals surface area (Å²) in [4.78, 5) is 0. The van der Waals surface area contributed by atoms with E-state index in [0.717, 1.165) is 25.8 Å². The molecule has 0 radical (unpaired) electrons. The predicted molar refractivity (Wildman–Crippen MR) is 48.6 cm³/mol. The summed E-state index contributed by atoms with van der Waals surface area (Å²) in [5.74, 6) is 0.712. The third-order valence-corrected chi connectivity index (χ3v) is 2.75. The van der Waals surface area contributed by atoms with Crippen molar-refractivity contribution in [2.75, 3.05) is 6.54 Å². The lowest BCUT2D eigenvalue weighted by atomic mass is 10.2. The molecule has 0 amide bonds. The van der Waals surface area contributed by atoms with E-state index in [1.807, 2.05) is 0 Å². The molecule has 1 unspecified atom stereocenters. The summed E-state index contributed by atoms with van der Waals surface area (Å²) >= 11 is -1.36. The summed E-state index contributed by atoms with van der Waals surface area (Å²) in [6, 6.07) is 0. The Labute approximate surface area is 75.4 Å². The maximum Gasteiger partial charge on any atom is 0.341 e. The lowest BCUT2D eigenvalue weighted by molar-refractivity contribution is 0.377. The van der Waals surface area contributed by atoms with Gasteiger partial charge in [0, 0.05) is 6.54 Å². The highest BCUT2D eigenvalue weighted by Crippen LogP contribution is 2.10. The molecule has 0 aromatic carbocycles. The van der Waals surface area contributed by atoms with Crippen molar-refractivity contribution in [3.8, 4) is 0 Å². The van der Waals surface area contributed by atoms with E-state index < -0.39 is 11.3 Å². The Kier molecular flexibility index (Phi) is 3.52. The van der Waals surface area contributed by atoms with E-state index >= 15 is 0 Å². The van der Waals surface area contributed by atoms with Crippen LogP contribution in [0.5, 0.6) is 0 Å². The molecule has 1 rings (SSSR count). The summed E-state index contributed by atoms with van der Waals surface area (Å²) in [6.45, 7) is 4.71. The van der Waals surface area contributed by atoms with Crippen molar-refractivity contribution in [2.24, 2.45) is 5.16 Å². The minimum atomic E-state index is -1.36. The van der Waals surface area contributed by atoms with Gasteiger partial charge >= 0.3 is 11.3 Å². The Morgan fingerprint density at radius 1 is 1.58 bits per heavy atom. The standard InChI is InChI=1S/C7H14N2O2S/c1-3-4-5-6-9-7(2)8-11-12(9)10/h3-6H2,1-2H3. The molecule has 5 heteroatoms. The molecular weight excluding hydrogens is 176 g/mol. The second-order valence-electron chi connectivity index (χ2n) is 2.74. The van der Waals surface area contributed by atoms with E-state index in [4.69, 9.17) is 0 Å². The van der Waals surface area contributed by atoms with Gasteiger partial charge in [-0.05, 0) is 13.3 Å². The minimum Gasteiger partial charge on any atom is -0.269 e. The van der Waals surface area contributed by atoms with Crippen molar-refractivity contribution in [2.45, 2.75) is 33.1 Å². The van der Waals surface area contributed by atoms with Gasteiger partial charge in [-0.3, -0.25) is 4.28 Å². The number of hydrogen-bond acceptors (Lipinski definition) is 3. The van der Waals surface area contributed by atoms with Gasteiger partial charge in [0.25, 0.3) is 0 Å². The smallest absolute Gasteiger partial charge is 0.269 e. The van der Waals surface area contributed by atoms with Gasteiger partial charge in [0.05, 0.1) is 0 Å². The lowest BCUT2D eigenvalue weighted by Gasteiger charge is -2.11. The molecule has 0 aliphatic carbocycles. The molecule has 0 N–H and O–H groups in total. The first-order chi connectivity index (χ1) is 5.75. The second-order valence-corrected chi connectivity index (χ2v) is 3.76. The van der Waals surface area contributed by atoms with Crippen LogP contribution < -0.4 is 0 Å². The summed E-state index contributed by atoms with van der Waals surface area (Å²) in [7, 11) is 0. The van der Waals surface area contributed by atoms with Gasteiger partial charge in [-0.2, -0.15) is 4.21 Å². The molecule has 1 heterocycles. The Morgan fingerprint density at radius 2 is 2.33 bits per heavy atom. The average Bonchev–Trinajstić information content (AvgIpc) is 2.35. The van der Waals surface area contributed by atoms with Gasteiger partial charge < -0.3 is 0 Å². The third kappa shape index (κ3) is 2.20. The molecule has 70 valence electrons. The van der Waals surface area contributed by atoms with Gasteiger partial charge in [-0.15, -0.1) is 0 Å². The van der Waals surface area contributed by atoms with E-state index in [1.54, 1.807) is 11.2 Å². The number of nitrogens with zero attached hydrogens (tertiary/aromatic N) is 2. The molecule has 1 atom stereocenters. The van der Waals surface area contributed by atoms with Crippen LogP contribution in [0.2, 0.25) is 0 Å². The zero-order chi connectivity index (χ0) is 8.97. The van der Waals surface area contributed by atoms with Crippen molar-refractivity contribution in [3.05, 3.63) is 0 Å². The Bertz CT molecular complexity index is 206. The number of unbranched alkanes of at least 4 members (excludes halogenated alkanes) is 2. The minimum absolute atomic E-state index is 0.712. The first-order valence-electron chi connectivity index (χ1n) is 4.17. The molecule has 1 aliphatic heterocycles. The van der Waals surface area contributed by atoms with E-state index in [9.17, 15) is 4.21 Å². The van der Waals surface area contributed by atoms with Crippen LogP contribution >= 0.6 is 0 Å². The Balaban J connectivity index is 2.31. The van der Waals surface area contributed by atoms with E-state index in [1.165, 1.54) is 0 Å². The first kappa shape index (κ1) is 9.51. The average molecular weight is 190 g/mol. The fourth-order valence-electron chi connectivity index (χ4n) is 1.02. The SMILES string of the molecule is CCCCCN1C(C)=NOS1=O. The molecule has 0 saturated heterocycles. The largest absolute Gasteiger partial charge is 0.341 e. The van der Waals surface area contributed by atoms with Crippen molar-refractivity contribution in [1.82, 2.24) is 4.31 Å². The fourth-order valence-corrected chi connectivity index (χ4v) is 1.80. The first-order valence-corrected chi connectivity index (χ1v) is 5.20. The maximum absolute atomic E-state index is 11.1. The molecule has 0 bridgehead atoms. The molecule has 0 fully saturated rings. The van der Waals surface area contributed by atoms with Crippen LogP contribution in [0.4, 0.5) is 0 Å². The van der Waals surface area contributed by atoms with Crippen LogP contribution in [0, 0.1) is 0 Å². The van der Waals surface area contributed by atoms with Crippen LogP contribution in [-0.4, -0.2) is 20.9 Å². The molecular formula is C7H14N2O2S. The van der Waals surface area contributed by atoms with E-state index in [-0.39, 0.29) is 0 Å². The maximum atomic E-state index is 11.1. The molecule has 1 aliphatic rings. The van der Waals surface area contributed by atoms with Gasteiger partial charge in [-0.1, -0.05) is 24.9 Å². The number of hydrogen-bond donors (Lipinski definition) is 0. The van der Waals surface area contributed by atoms with E-state index in [0.29, 0.717) is 5.84 Å². The van der Waals surface area contributed by atoms with Crippen LogP contribution in [0.25, 0.3) is 0 Å². The zero-order valence-corrected chi connectivity index (χ0v) is 8.26. The summed E-state index contributed by atoms with van der Waals surface area (Å²) in [6.07, 6.45) is 3.36. The second kappa shape index (κ2) is 4.45. The number of rotatable bonds is 4. The van der Waals surface area contributed by atoms with Crippen LogP contribution in [0.3, 0.4) is 0 Å². The number of oxime groups is 1. The summed E-state index contributed by atoms with van der Waals surface area (Å²) < 4.78 is 17.3. The van der Waals surface area contributed by atoms with Crippen molar-refractivity contribution in [3.63, 3.8) is 0 Å². The molecule has 0 saturated carbocycles. The van der Waals surface area contributed by atoms with Crippen molar-refractivity contribution in [1.29, 1.82) is 0 Å². The molecule has 0 spiro atoms. The number of amidine groups is 1. The third-order valence-electron chi connectivity index (χ3n) is 1.74. The molecule has 0 aromatic heterocycles. The Hall–Kier alpha value is -0.580. The highest BCUT2D eigenvalue weighted by molar-refractivity contribution is 7.78. The van der Waals surface area contributed by atoms with Crippen LogP contribution in [0.1, 0.15) is 33.1 Å². The van der Waals surface area contributed by atoms with Crippen LogP contribution in [-0.2, 0) is 15.6 Å². The van der Waals surface area contributed by atoms with E-state index in [2.05, 4.69) is 16.4 Å². The van der Waals surface area contributed by atoms with Crippen molar-refractivity contribution >= 4 is 17.1 Å².